The minimum absolute atomic E-state index is 0.377. The molecule has 0 bridgehead atoms. The second-order valence-electron chi connectivity index (χ2n) is 12.9. The number of para-hydroxylation sites is 1. The summed E-state index contributed by atoms with van der Waals surface area (Å²) in [7, 11) is -2.46. The third kappa shape index (κ3) is 6.59. The van der Waals surface area contributed by atoms with Crippen molar-refractivity contribution in [1.29, 1.82) is 0 Å². The van der Waals surface area contributed by atoms with Gasteiger partial charge in [0.2, 0.25) is 0 Å². The summed E-state index contributed by atoms with van der Waals surface area (Å²) in [6, 6.07) is 29.5. The third-order valence-corrected chi connectivity index (χ3v) is 11.4. The molecule has 3 aliphatic heterocycles. The summed E-state index contributed by atoms with van der Waals surface area (Å²) in [5.74, 6) is 3.68. The SMILES string of the molecule is OS1(O)CCN(c2ccc3c(n2)C=C(c2ccc(CN4CCC(c5nc(-c6ccccn6)n[nH]5)CC4)cc2)N(c2ccccc2)C3)CC1. The van der Waals surface area contributed by atoms with Crippen LogP contribution in [0.1, 0.15) is 47.0 Å². The highest BCUT2D eigenvalue weighted by molar-refractivity contribution is 8.24. The summed E-state index contributed by atoms with van der Waals surface area (Å²) in [5, 5.41) is 7.59. The molecule has 0 radical (unpaired) electrons. The third-order valence-electron chi connectivity index (χ3n) is 9.69. The lowest BCUT2D eigenvalue weighted by Gasteiger charge is -2.41. The molecular formula is C37H40N8O2S. The standard InChI is InChI=1S/C37H40N8O2S/c46-48(47)22-20-44(21-23-48)35-14-13-30-26-45(31-6-2-1-3-7-31)34(24-33(30)39-35)28-11-9-27(10-12-28)25-43-18-15-29(16-19-43)36-40-37(42-41-36)32-8-4-5-17-38-32/h1-14,17,24,29,46-47H,15-16,18-23,25-26H2,(H,40,41,42). The molecule has 0 amide bonds. The molecule has 8 rings (SSSR count). The van der Waals surface area contributed by atoms with Gasteiger partial charge < -0.3 is 9.80 Å². The number of likely N-dealkylation sites (tertiary alicyclic amines) is 1. The summed E-state index contributed by atoms with van der Waals surface area (Å²) in [6.07, 6.45) is 6.06. The van der Waals surface area contributed by atoms with E-state index < -0.39 is 10.6 Å². The Kier molecular flexibility index (Phi) is 8.43. The fourth-order valence-electron chi connectivity index (χ4n) is 6.89. The van der Waals surface area contributed by atoms with Gasteiger partial charge in [0, 0.05) is 37.4 Å². The van der Waals surface area contributed by atoms with E-state index in [4.69, 9.17) is 9.97 Å². The van der Waals surface area contributed by atoms with Crippen LogP contribution in [0.25, 0.3) is 23.3 Å². The van der Waals surface area contributed by atoms with Gasteiger partial charge in [0.15, 0.2) is 5.82 Å². The van der Waals surface area contributed by atoms with Gasteiger partial charge >= 0.3 is 0 Å². The van der Waals surface area contributed by atoms with Crippen LogP contribution in [0.3, 0.4) is 0 Å². The van der Waals surface area contributed by atoms with Crippen LogP contribution in [0.5, 0.6) is 0 Å². The number of aromatic nitrogens is 5. The Hall–Kier alpha value is -4.55. The molecule has 0 atom stereocenters. The van der Waals surface area contributed by atoms with E-state index in [2.05, 4.69) is 103 Å². The molecular weight excluding hydrogens is 621 g/mol. The van der Waals surface area contributed by atoms with Crippen LogP contribution in [-0.2, 0) is 13.1 Å². The molecule has 2 fully saturated rings. The highest BCUT2D eigenvalue weighted by Crippen LogP contribution is 2.41. The average Bonchev–Trinajstić information content (AvgIpc) is 3.63. The maximum absolute atomic E-state index is 10.1. The number of fused-ring (bicyclic) bond motifs is 1. The fourth-order valence-corrected chi connectivity index (χ4v) is 8.12. The summed E-state index contributed by atoms with van der Waals surface area (Å²) in [4.78, 5) is 21.3. The van der Waals surface area contributed by atoms with Crippen LogP contribution < -0.4 is 9.80 Å². The predicted octanol–water partition coefficient (Wildman–Crippen LogP) is 6.73. The largest absolute Gasteiger partial charge is 0.353 e. The van der Waals surface area contributed by atoms with Crippen LogP contribution in [0, 0.1) is 0 Å². The second-order valence-corrected chi connectivity index (χ2v) is 15.3. The number of rotatable bonds is 7. The van der Waals surface area contributed by atoms with E-state index in [0.29, 0.717) is 36.3 Å². The van der Waals surface area contributed by atoms with Gasteiger partial charge in [0.25, 0.3) is 0 Å². The van der Waals surface area contributed by atoms with Crippen molar-refractivity contribution >= 4 is 33.9 Å². The molecule has 48 heavy (non-hydrogen) atoms. The van der Waals surface area contributed by atoms with Crippen molar-refractivity contribution in [2.24, 2.45) is 0 Å². The number of aromatic amines is 1. The van der Waals surface area contributed by atoms with Crippen molar-refractivity contribution in [2.75, 3.05) is 47.5 Å². The van der Waals surface area contributed by atoms with Crippen molar-refractivity contribution in [3.63, 3.8) is 0 Å². The highest BCUT2D eigenvalue weighted by Gasteiger charge is 2.27. The van der Waals surface area contributed by atoms with E-state index in [-0.39, 0.29) is 0 Å². The average molecular weight is 661 g/mol. The number of nitrogens with one attached hydrogen (secondary N) is 1. The van der Waals surface area contributed by atoms with E-state index in [1.54, 1.807) is 6.20 Å². The summed E-state index contributed by atoms with van der Waals surface area (Å²) in [6.45, 7) is 4.88. The smallest absolute Gasteiger partial charge is 0.199 e. The van der Waals surface area contributed by atoms with Gasteiger partial charge in [0.05, 0.1) is 29.4 Å². The number of benzene rings is 2. The molecule has 11 heteroatoms. The van der Waals surface area contributed by atoms with Crippen molar-refractivity contribution in [2.45, 2.75) is 31.8 Å². The number of H-pyrrole nitrogens is 1. The van der Waals surface area contributed by atoms with Crippen LogP contribution in [-0.4, -0.2) is 76.8 Å². The lowest BCUT2D eigenvalue weighted by atomic mass is 9.95. The maximum atomic E-state index is 10.1. The Morgan fingerprint density at radius 2 is 1.58 bits per heavy atom. The van der Waals surface area contributed by atoms with Gasteiger partial charge in [-0.15, -0.1) is 0 Å². The Balaban J connectivity index is 0.966. The van der Waals surface area contributed by atoms with E-state index in [9.17, 15) is 9.11 Å². The van der Waals surface area contributed by atoms with Crippen molar-refractivity contribution in [3.8, 4) is 11.5 Å². The molecule has 3 N–H and O–H groups in total. The molecule has 3 aliphatic rings. The zero-order chi connectivity index (χ0) is 32.5. The number of pyridine rings is 2. The van der Waals surface area contributed by atoms with Gasteiger partial charge in [0.1, 0.15) is 17.3 Å². The molecule has 0 unspecified atom stereocenters. The van der Waals surface area contributed by atoms with Crippen molar-refractivity contribution < 1.29 is 9.11 Å². The molecule has 3 aromatic heterocycles. The van der Waals surface area contributed by atoms with Crippen LogP contribution in [0.15, 0.2) is 91.1 Å². The van der Waals surface area contributed by atoms with E-state index in [1.807, 2.05) is 18.2 Å². The quantitative estimate of drug-likeness (QED) is 0.175. The van der Waals surface area contributed by atoms with Crippen molar-refractivity contribution in [1.82, 2.24) is 30.0 Å². The predicted molar refractivity (Wildman–Crippen MR) is 193 cm³/mol. The fraction of sp³-hybridized carbons (Fsp3) is 0.297. The van der Waals surface area contributed by atoms with Gasteiger partial charge in [-0.3, -0.25) is 24.1 Å². The topological polar surface area (TPSA) is 118 Å². The summed E-state index contributed by atoms with van der Waals surface area (Å²) < 4.78 is 20.2. The Morgan fingerprint density at radius 1 is 0.812 bits per heavy atom. The Labute approximate surface area is 282 Å². The molecule has 10 nitrogen and oxygen atoms in total. The maximum Gasteiger partial charge on any atom is 0.199 e. The molecule has 2 saturated heterocycles. The number of hydrogen-bond donors (Lipinski definition) is 3. The molecule has 246 valence electrons. The van der Waals surface area contributed by atoms with Crippen LogP contribution in [0.4, 0.5) is 11.5 Å². The molecule has 0 aliphatic carbocycles. The molecule has 0 spiro atoms. The summed E-state index contributed by atoms with van der Waals surface area (Å²) >= 11 is 0. The van der Waals surface area contributed by atoms with Gasteiger partial charge in [-0.25, -0.2) is 9.97 Å². The highest BCUT2D eigenvalue weighted by atomic mass is 32.3. The normalized spacial score (nSPS) is 19.1. The zero-order valence-corrected chi connectivity index (χ0v) is 27.6. The number of hydrogen-bond acceptors (Lipinski definition) is 9. The monoisotopic (exact) mass is 660 g/mol. The minimum atomic E-state index is -2.46. The van der Waals surface area contributed by atoms with Crippen molar-refractivity contribution in [3.05, 3.63) is 119 Å². The second kappa shape index (κ2) is 13.2. The Morgan fingerprint density at radius 3 is 2.33 bits per heavy atom. The first kappa shape index (κ1) is 30.8. The van der Waals surface area contributed by atoms with E-state index >= 15 is 0 Å². The minimum Gasteiger partial charge on any atom is -0.353 e. The van der Waals surface area contributed by atoms with E-state index in [1.165, 1.54) is 11.1 Å². The molecule has 5 aromatic rings. The molecule has 2 aromatic carbocycles. The number of anilines is 2. The number of nitrogens with zero attached hydrogens (tertiary/aromatic N) is 7. The molecule has 6 heterocycles. The van der Waals surface area contributed by atoms with Gasteiger partial charge in [-0.2, -0.15) is 15.7 Å². The first-order chi connectivity index (χ1) is 23.5. The van der Waals surface area contributed by atoms with Crippen LogP contribution in [0.2, 0.25) is 0 Å². The Bertz CT molecular complexity index is 1880. The zero-order valence-electron chi connectivity index (χ0n) is 26.8. The first-order valence-electron chi connectivity index (χ1n) is 16.7. The lowest BCUT2D eigenvalue weighted by molar-refractivity contribution is 0.202. The van der Waals surface area contributed by atoms with Crippen LogP contribution >= 0.6 is 10.6 Å². The first-order valence-corrected chi connectivity index (χ1v) is 18.5. The molecule has 0 saturated carbocycles. The van der Waals surface area contributed by atoms with Gasteiger partial charge in [-0.1, -0.05) is 54.6 Å². The van der Waals surface area contributed by atoms with Gasteiger partial charge in [-0.05, 0) is 79.0 Å². The lowest BCUT2D eigenvalue weighted by Crippen LogP contribution is -2.39. The van der Waals surface area contributed by atoms with E-state index in [0.717, 1.165) is 79.0 Å². The number of piperidine rings is 1. The summed E-state index contributed by atoms with van der Waals surface area (Å²) in [5.41, 5.74) is 7.65.